The molecule has 4 aliphatic carbocycles. The van der Waals surface area contributed by atoms with E-state index in [4.69, 9.17) is 18.6 Å². The Balaban J connectivity index is 0.964. The van der Waals surface area contributed by atoms with Gasteiger partial charge >= 0.3 is 20.6 Å². The van der Waals surface area contributed by atoms with E-state index in [9.17, 15) is 26.4 Å². The van der Waals surface area contributed by atoms with Gasteiger partial charge in [0.2, 0.25) is 5.91 Å². The highest BCUT2D eigenvalue weighted by molar-refractivity contribution is 7.84. The quantitative estimate of drug-likeness (QED) is 0.422. The number of carbonyl (C=O) groups excluding carboxylic acids is 2. The van der Waals surface area contributed by atoms with Gasteiger partial charge in [0.15, 0.2) is 0 Å². The SMILES string of the molecule is C[C@]12C[C@H](N3CCN(C(=O)[C@@H]4CCCN4C(=O)c4ccc5ccccc5c4)CC3)[C@@H](OS(N)(=O)=O)CC1CCC1C2CC[C@@]2(C)C1CC[C@@H]2OS(N)(=O)=O. The van der Waals surface area contributed by atoms with Crippen molar-refractivity contribution in [3.8, 4) is 0 Å². The number of hydrogen-bond acceptors (Lipinski definition) is 9. The molecule has 6 fully saturated rings. The highest BCUT2D eigenvalue weighted by Gasteiger charge is 2.62. The smallest absolute Gasteiger partial charge is 0.333 e. The van der Waals surface area contributed by atoms with Crippen LogP contribution in [0, 0.1) is 34.5 Å². The number of rotatable bonds is 7. The lowest BCUT2D eigenvalue weighted by atomic mass is 9.44. The normalized spacial score (nSPS) is 37.5. The van der Waals surface area contributed by atoms with Gasteiger partial charge in [-0.15, -0.1) is 0 Å². The molecule has 296 valence electrons. The lowest BCUT2D eigenvalue weighted by Gasteiger charge is -2.62. The largest absolute Gasteiger partial charge is 0.338 e. The van der Waals surface area contributed by atoms with Gasteiger partial charge in [-0.2, -0.15) is 16.8 Å². The zero-order valence-corrected chi connectivity index (χ0v) is 33.0. The number of hydrogen-bond donors (Lipinski definition) is 2. The Morgan fingerprint density at radius 3 is 2.20 bits per heavy atom. The first-order valence-electron chi connectivity index (χ1n) is 19.8. The summed E-state index contributed by atoms with van der Waals surface area (Å²) in [6.07, 6.45) is 7.06. The topological polar surface area (TPSA) is 183 Å². The van der Waals surface area contributed by atoms with Crippen LogP contribution in [0.25, 0.3) is 10.8 Å². The van der Waals surface area contributed by atoms with Crippen LogP contribution >= 0.6 is 0 Å². The molecule has 0 bridgehead atoms. The van der Waals surface area contributed by atoms with E-state index in [0.717, 1.165) is 55.7 Å². The standard InChI is InChI=1S/C39H55N5O8S2/c1-38-16-15-31-29(30(38)13-14-35(38)52-54(41,49)50)12-11-28-23-34(51-53(40,47)48)33(24-39(28,31)2)42-18-20-43(21-19-42)37(46)32-8-5-17-44(32)36(45)27-10-9-25-6-3-4-7-26(25)22-27/h3-4,6-7,9-10,22,28-35H,5,8,11-21,23-24H2,1-2H3,(H2,40,47,48)(H2,41,49,50)/t28?,29?,30?,31?,32-,33-,34-,35-,38-,39-/m0/s1. The van der Waals surface area contributed by atoms with Crippen LogP contribution in [-0.4, -0.2) is 100 Å². The molecule has 13 nitrogen and oxygen atoms in total. The van der Waals surface area contributed by atoms with E-state index in [1.807, 2.05) is 47.4 Å². The van der Waals surface area contributed by atoms with Crippen molar-refractivity contribution in [1.82, 2.24) is 14.7 Å². The Labute approximate surface area is 319 Å². The first-order chi connectivity index (χ1) is 25.5. The van der Waals surface area contributed by atoms with E-state index in [1.165, 1.54) is 0 Å². The molecule has 2 aliphatic heterocycles. The van der Waals surface area contributed by atoms with E-state index in [-0.39, 0.29) is 34.6 Å². The summed E-state index contributed by atoms with van der Waals surface area (Å²) in [5.41, 5.74) is 0.245. The van der Waals surface area contributed by atoms with Crippen LogP contribution < -0.4 is 10.3 Å². The molecule has 54 heavy (non-hydrogen) atoms. The summed E-state index contributed by atoms with van der Waals surface area (Å²) in [5, 5.41) is 12.9. The summed E-state index contributed by atoms with van der Waals surface area (Å²) in [6.45, 7) is 7.18. The number of likely N-dealkylation sites (tertiary alicyclic amines) is 1. The molecule has 4 saturated carbocycles. The van der Waals surface area contributed by atoms with Gasteiger partial charge in [0, 0.05) is 44.3 Å². The average molecular weight is 786 g/mol. The minimum atomic E-state index is -4.20. The highest BCUT2D eigenvalue weighted by Crippen LogP contribution is 2.67. The van der Waals surface area contributed by atoms with Crippen molar-refractivity contribution < 1.29 is 34.8 Å². The van der Waals surface area contributed by atoms with Crippen LogP contribution in [0.4, 0.5) is 0 Å². The molecule has 10 atom stereocenters. The summed E-state index contributed by atoms with van der Waals surface area (Å²) in [4.78, 5) is 33.7. The number of nitrogens with two attached hydrogens (primary N) is 2. The predicted molar refractivity (Wildman–Crippen MR) is 203 cm³/mol. The maximum atomic E-state index is 14.1. The maximum Gasteiger partial charge on any atom is 0.333 e. The summed E-state index contributed by atoms with van der Waals surface area (Å²) in [5.74, 6) is 1.25. The van der Waals surface area contributed by atoms with Gasteiger partial charge in [-0.25, -0.2) is 10.3 Å². The number of nitrogens with zero attached hydrogens (tertiary/aromatic N) is 3. The number of fused-ring (bicyclic) bond motifs is 6. The van der Waals surface area contributed by atoms with Gasteiger partial charge in [-0.3, -0.25) is 22.9 Å². The molecule has 8 rings (SSSR count). The first-order valence-corrected chi connectivity index (χ1v) is 22.7. The molecule has 2 heterocycles. The fraction of sp³-hybridized carbons (Fsp3) is 0.692. The molecular weight excluding hydrogens is 731 g/mol. The Kier molecular flexibility index (Phi) is 9.96. The van der Waals surface area contributed by atoms with E-state index >= 15 is 0 Å². The molecule has 2 amide bonds. The molecular formula is C39H55N5O8S2. The van der Waals surface area contributed by atoms with Gasteiger partial charge in [-0.1, -0.05) is 44.2 Å². The molecule has 0 aromatic heterocycles. The molecule has 2 aromatic carbocycles. The molecule has 4 N–H and O–H groups in total. The van der Waals surface area contributed by atoms with E-state index in [2.05, 4.69) is 18.7 Å². The zero-order valence-electron chi connectivity index (χ0n) is 31.3. The minimum Gasteiger partial charge on any atom is -0.338 e. The Morgan fingerprint density at radius 2 is 1.48 bits per heavy atom. The summed E-state index contributed by atoms with van der Waals surface area (Å²) >= 11 is 0. The Bertz CT molecular complexity index is 2010. The minimum absolute atomic E-state index is 0.0315. The van der Waals surface area contributed by atoms with Crippen molar-refractivity contribution in [2.75, 3.05) is 32.7 Å². The van der Waals surface area contributed by atoms with Crippen LogP contribution in [0.2, 0.25) is 0 Å². The van der Waals surface area contributed by atoms with Crippen LogP contribution in [0.3, 0.4) is 0 Å². The van der Waals surface area contributed by atoms with Crippen molar-refractivity contribution >= 4 is 43.2 Å². The van der Waals surface area contributed by atoms with E-state index < -0.39 is 38.9 Å². The van der Waals surface area contributed by atoms with E-state index in [0.29, 0.717) is 75.3 Å². The number of amides is 2. The second-order valence-corrected chi connectivity index (χ2v) is 19.9. The average Bonchev–Trinajstić information content (AvgIpc) is 3.74. The molecule has 2 saturated heterocycles. The third kappa shape index (κ3) is 7.00. The molecule has 6 aliphatic rings. The lowest BCUT2D eigenvalue weighted by molar-refractivity contribution is -0.152. The summed E-state index contributed by atoms with van der Waals surface area (Å²) in [6, 6.07) is 12.9. The third-order valence-electron chi connectivity index (χ3n) is 15.0. The predicted octanol–water partition coefficient (Wildman–Crippen LogP) is 3.79. The zero-order chi connectivity index (χ0) is 38.2. The van der Waals surface area contributed by atoms with Crippen molar-refractivity contribution in [1.29, 1.82) is 0 Å². The first kappa shape index (κ1) is 38.2. The van der Waals surface area contributed by atoms with Crippen molar-refractivity contribution in [2.45, 2.75) is 102 Å². The second-order valence-electron chi connectivity index (χ2n) is 17.6. The van der Waals surface area contributed by atoms with Gasteiger partial charge in [-0.05, 0) is 122 Å². The van der Waals surface area contributed by atoms with Crippen molar-refractivity contribution in [3.05, 3.63) is 48.0 Å². The molecule has 0 radical (unpaired) electrons. The molecule has 4 unspecified atom stereocenters. The Hall–Kier alpha value is -2.66. The van der Waals surface area contributed by atoms with Gasteiger partial charge in [0.05, 0.1) is 12.2 Å². The number of benzene rings is 2. The molecule has 0 spiro atoms. The van der Waals surface area contributed by atoms with Gasteiger partial charge in [0.25, 0.3) is 5.91 Å². The van der Waals surface area contributed by atoms with Crippen LogP contribution in [0.1, 0.15) is 88.4 Å². The fourth-order valence-corrected chi connectivity index (χ4v) is 13.6. The number of piperazine rings is 1. The monoisotopic (exact) mass is 785 g/mol. The third-order valence-corrected chi connectivity index (χ3v) is 16.0. The molecule has 2 aromatic rings. The maximum absolute atomic E-state index is 14.1. The number of carbonyl (C=O) groups is 2. The van der Waals surface area contributed by atoms with Crippen molar-refractivity contribution in [2.24, 2.45) is 44.8 Å². The van der Waals surface area contributed by atoms with Gasteiger partial charge in [0.1, 0.15) is 6.04 Å². The van der Waals surface area contributed by atoms with Gasteiger partial charge < -0.3 is 9.80 Å². The lowest BCUT2D eigenvalue weighted by Crippen LogP contribution is -2.63. The Morgan fingerprint density at radius 1 is 0.778 bits per heavy atom. The highest BCUT2D eigenvalue weighted by atomic mass is 32.2. The van der Waals surface area contributed by atoms with Crippen LogP contribution in [0.5, 0.6) is 0 Å². The van der Waals surface area contributed by atoms with Crippen LogP contribution in [0.15, 0.2) is 42.5 Å². The second kappa shape index (κ2) is 14.1. The van der Waals surface area contributed by atoms with Crippen LogP contribution in [-0.2, 0) is 33.8 Å². The summed E-state index contributed by atoms with van der Waals surface area (Å²) in [7, 11) is -8.26. The molecule has 15 heteroatoms. The fourth-order valence-electron chi connectivity index (χ4n) is 12.4. The van der Waals surface area contributed by atoms with E-state index in [1.54, 1.807) is 4.90 Å². The van der Waals surface area contributed by atoms with Crippen molar-refractivity contribution in [3.63, 3.8) is 0 Å². The summed E-state index contributed by atoms with van der Waals surface area (Å²) < 4.78 is 59.9.